The first-order valence-electron chi connectivity index (χ1n) is 5.71. The van der Waals surface area contributed by atoms with Crippen LogP contribution in [0.25, 0.3) is 6.08 Å². The van der Waals surface area contributed by atoms with E-state index in [2.05, 4.69) is 28.1 Å². The molecular formula is C14H20BrNO. The Morgan fingerprint density at radius 2 is 2.12 bits per heavy atom. The van der Waals surface area contributed by atoms with Crippen LogP contribution in [0, 0.1) is 0 Å². The highest BCUT2D eigenvalue weighted by Gasteiger charge is 2.08. The zero-order valence-electron chi connectivity index (χ0n) is 10.7. The van der Waals surface area contributed by atoms with Gasteiger partial charge in [-0.05, 0) is 44.9 Å². The molecule has 0 bridgehead atoms. The largest absolute Gasteiger partial charge is 0.496 e. The highest BCUT2D eigenvalue weighted by atomic mass is 79.9. The Balaban J connectivity index is 2.67. The molecule has 1 aromatic carbocycles. The molecule has 0 saturated carbocycles. The van der Waals surface area contributed by atoms with Gasteiger partial charge in [0, 0.05) is 15.6 Å². The molecule has 1 rings (SSSR count). The molecule has 0 amide bonds. The molecule has 0 heterocycles. The van der Waals surface area contributed by atoms with Gasteiger partial charge in [0.1, 0.15) is 5.75 Å². The molecular weight excluding hydrogens is 278 g/mol. The normalized spacial score (nSPS) is 12.1. The summed E-state index contributed by atoms with van der Waals surface area (Å²) < 4.78 is 6.35. The summed E-state index contributed by atoms with van der Waals surface area (Å²) in [5.41, 5.74) is 6.90. The Morgan fingerprint density at radius 1 is 1.41 bits per heavy atom. The van der Waals surface area contributed by atoms with Crippen molar-refractivity contribution in [3.63, 3.8) is 0 Å². The highest BCUT2D eigenvalue weighted by Crippen LogP contribution is 2.24. The summed E-state index contributed by atoms with van der Waals surface area (Å²) >= 11 is 3.46. The zero-order valence-corrected chi connectivity index (χ0v) is 12.3. The number of allylic oxidation sites excluding steroid dienone is 1. The average molecular weight is 298 g/mol. The Labute approximate surface area is 112 Å². The van der Waals surface area contributed by atoms with E-state index in [4.69, 9.17) is 10.5 Å². The van der Waals surface area contributed by atoms with E-state index in [1.165, 1.54) is 0 Å². The van der Waals surface area contributed by atoms with Gasteiger partial charge in [-0.1, -0.05) is 28.1 Å². The lowest BCUT2D eigenvalue weighted by Gasteiger charge is -2.16. The van der Waals surface area contributed by atoms with Gasteiger partial charge in [0.2, 0.25) is 0 Å². The molecule has 2 nitrogen and oxygen atoms in total. The first-order valence-corrected chi connectivity index (χ1v) is 6.50. The van der Waals surface area contributed by atoms with Crippen molar-refractivity contribution in [3.8, 4) is 5.75 Å². The summed E-state index contributed by atoms with van der Waals surface area (Å²) in [6, 6.07) is 5.97. The lowest BCUT2D eigenvalue weighted by molar-refractivity contribution is 0.413. The molecule has 3 heteroatoms. The molecule has 17 heavy (non-hydrogen) atoms. The monoisotopic (exact) mass is 297 g/mol. The van der Waals surface area contributed by atoms with E-state index in [0.29, 0.717) is 0 Å². The number of ether oxygens (including phenoxy) is 1. The molecule has 0 radical (unpaired) electrons. The maximum absolute atomic E-state index is 5.93. The van der Waals surface area contributed by atoms with Gasteiger partial charge in [-0.15, -0.1) is 0 Å². The van der Waals surface area contributed by atoms with Crippen molar-refractivity contribution in [2.24, 2.45) is 5.73 Å². The fraction of sp³-hybridized carbons (Fsp3) is 0.429. The van der Waals surface area contributed by atoms with E-state index >= 15 is 0 Å². The fourth-order valence-electron chi connectivity index (χ4n) is 1.50. The van der Waals surface area contributed by atoms with Crippen molar-refractivity contribution in [1.82, 2.24) is 0 Å². The maximum Gasteiger partial charge on any atom is 0.126 e. The maximum atomic E-state index is 5.93. The lowest BCUT2D eigenvalue weighted by atomic mass is 10.00. The fourth-order valence-corrected chi connectivity index (χ4v) is 1.88. The van der Waals surface area contributed by atoms with Gasteiger partial charge in [0.25, 0.3) is 0 Å². The molecule has 0 fully saturated rings. The second kappa shape index (κ2) is 6.22. The molecule has 0 aromatic heterocycles. The van der Waals surface area contributed by atoms with Gasteiger partial charge in [0.15, 0.2) is 0 Å². The molecule has 2 N–H and O–H groups in total. The molecule has 94 valence electrons. The Hall–Kier alpha value is -0.800. The quantitative estimate of drug-likeness (QED) is 0.892. The number of halogens is 1. The van der Waals surface area contributed by atoms with Crippen LogP contribution in [0.15, 0.2) is 28.7 Å². The van der Waals surface area contributed by atoms with Crippen LogP contribution in [0.4, 0.5) is 0 Å². The molecule has 0 spiro atoms. The summed E-state index contributed by atoms with van der Waals surface area (Å²) in [6.07, 6.45) is 6.16. The topological polar surface area (TPSA) is 35.2 Å². The van der Waals surface area contributed by atoms with Crippen LogP contribution in [-0.4, -0.2) is 12.6 Å². The minimum Gasteiger partial charge on any atom is -0.496 e. The number of nitrogens with two attached hydrogens (primary N) is 1. The number of hydrogen-bond acceptors (Lipinski definition) is 2. The van der Waals surface area contributed by atoms with Crippen molar-refractivity contribution in [3.05, 3.63) is 34.3 Å². The molecule has 1 aromatic rings. The smallest absolute Gasteiger partial charge is 0.126 e. The molecule has 0 saturated heterocycles. The minimum absolute atomic E-state index is 0.105. The number of rotatable bonds is 5. The van der Waals surface area contributed by atoms with Crippen LogP contribution >= 0.6 is 15.9 Å². The zero-order chi connectivity index (χ0) is 12.9. The van der Waals surface area contributed by atoms with E-state index in [-0.39, 0.29) is 5.54 Å². The van der Waals surface area contributed by atoms with Crippen molar-refractivity contribution in [1.29, 1.82) is 0 Å². The average Bonchev–Trinajstić information content (AvgIpc) is 2.23. The summed E-state index contributed by atoms with van der Waals surface area (Å²) in [5, 5.41) is 0. The third kappa shape index (κ3) is 5.37. The minimum atomic E-state index is -0.105. The molecule has 0 atom stereocenters. The van der Waals surface area contributed by atoms with E-state index in [1.54, 1.807) is 7.11 Å². The number of hydrogen-bond donors (Lipinski definition) is 1. The Bertz CT molecular complexity index is 394. The Kier molecular flexibility index (Phi) is 5.22. The van der Waals surface area contributed by atoms with Gasteiger partial charge >= 0.3 is 0 Å². The second-order valence-corrected chi connectivity index (χ2v) is 5.73. The van der Waals surface area contributed by atoms with E-state index in [1.807, 2.05) is 32.0 Å². The predicted octanol–water partition coefficient (Wildman–Crippen LogP) is 3.99. The lowest BCUT2D eigenvalue weighted by Crippen LogP contribution is -2.31. The van der Waals surface area contributed by atoms with Gasteiger partial charge in [-0.25, -0.2) is 0 Å². The SMILES string of the molecule is COc1ccc(Br)cc1/C=C/CCC(C)(C)N. The van der Waals surface area contributed by atoms with E-state index < -0.39 is 0 Å². The molecule has 0 aliphatic heterocycles. The van der Waals surface area contributed by atoms with Crippen LogP contribution in [0.1, 0.15) is 32.3 Å². The van der Waals surface area contributed by atoms with Gasteiger partial charge in [-0.2, -0.15) is 0 Å². The van der Waals surface area contributed by atoms with Crippen molar-refractivity contribution in [2.45, 2.75) is 32.2 Å². The van der Waals surface area contributed by atoms with Crippen molar-refractivity contribution < 1.29 is 4.74 Å². The van der Waals surface area contributed by atoms with Crippen molar-refractivity contribution >= 4 is 22.0 Å². The number of benzene rings is 1. The Morgan fingerprint density at radius 3 is 2.71 bits per heavy atom. The second-order valence-electron chi connectivity index (χ2n) is 4.82. The van der Waals surface area contributed by atoms with Crippen LogP contribution in [0.5, 0.6) is 5.75 Å². The summed E-state index contributed by atoms with van der Waals surface area (Å²) in [7, 11) is 1.68. The van der Waals surface area contributed by atoms with Gasteiger partial charge in [-0.3, -0.25) is 0 Å². The summed E-state index contributed by atoms with van der Waals surface area (Å²) in [4.78, 5) is 0. The van der Waals surface area contributed by atoms with Gasteiger partial charge < -0.3 is 10.5 Å². The van der Waals surface area contributed by atoms with E-state index in [0.717, 1.165) is 28.6 Å². The third-order valence-electron chi connectivity index (χ3n) is 2.44. The summed E-state index contributed by atoms with van der Waals surface area (Å²) in [6.45, 7) is 4.08. The highest BCUT2D eigenvalue weighted by molar-refractivity contribution is 9.10. The molecule has 0 aliphatic carbocycles. The predicted molar refractivity (Wildman–Crippen MR) is 77.2 cm³/mol. The standard InChI is InChI=1S/C14H20BrNO/c1-14(2,16)9-5-4-6-11-10-12(15)7-8-13(11)17-3/h4,6-8,10H,5,9,16H2,1-3H3/b6-4+. The summed E-state index contributed by atoms with van der Waals surface area (Å²) in [5.74, 6) is 0.886. The van der Waals surface area contributed by atoms with E-state index in [9.17, 15) is 0 Å². The van der Waals surface area contributed by atoms with Crippen LogP contribution in [0.2, 0.25) is 0 Å². The van der Waals surface area contributed by atoms with Crippen LogP contribution in [-0.2, 0) is 0 Å². The number of methoxy groups -OCH3 is 1. The van der Waals surface area contributed by atoms with Crippen LogP contribution < -0.4 is 10.5 Å². The van der Waals surface area contributed by atoms with Crippen LogP contribution in [0.3, 0.4) is 0 Å². The first kappa shape index (κ1) is 14.3. The third-order valence-corrected chi connectivity index (χ3v) is 2.94. The first-order chi connectivity index (χ1) is 7.92. The molecule has 0 aliphatic rings. The van der Waals surface area contributed by atoms with Crippen molar-refractivity contribution in [2.75, 3.05) is 7.11 Å². The van der Waals surface area contributed by atoms with Gasteiger partial charge in [0.05, 0.1) is 7.11 Å². The molecule has 0 unspecified atom stereocenters.